The van der Waals surface area contributed by atoms with Gasteiger partial charge < -0.3 is 5.11 Å². The van der Waals surface area contributed by atoms with Crippen LogP contribution in [-0.2, 0) is 17.1 Å². The summed E-state index contributed by atoms with van der Waals surface area (Å²) in [6.07, 6.45) is 3.72. The third-order valence-electron chi connectivity index (χ3n) is 1.50. The Morgan fingerprint density at radius 1 is 1.77 bits per heavy atom. The van der Waals surface area contributed by atoms with E-state index in [1.807, 2.05) is 17.8 Å². The van der Waals surface area contributed by atoms with Crippen molar-refractivity contribution in [3.05, 3.63) is 18.0 Å². The minimum absolute atomic E-state index is 0.150. The minimum Gasteiger partial charge on any atom is -0.481 e. The van der Waals surface area contributed by atoms with Gasteiger partial charge in [0.15, 0.2) is 0 Å². The first-order chi connectivity index (χ1) is 6.22. The topological polar surface area (TPSA) is 55.1 Å². The predicted molar refractivity (Wildman–Crippen MR) is 51.7 cm³/mol. The summed E-state index contributed by atoms with van der Waals surface area (Å²) in [4.78, 5) is 10.2. The fourth-order valence-electron chi connectivity index (χ4n) is 0.910. The van der Waals surface area contributed by atoms with Crippen LogP contribution in [0.1, 0.15) is 12.5 Å². The van der Waals surface area contributed by atoms with Crippen LogP contribution in [0.25, 0.3) is 0 Å². The first kappa shape index (κ1) is 10.1. The fourth-order valence-corrected chi connectivity index (χ4v) is 1.57. The van der Waals surface area contributed by atoms with E-state index in [2.05, 4.69) is 5.10 Å². The molecule has 1 heterocycles. The normalized spacial score (nSPS) is 10.2. The number of aryl methyl sites for hydroxylation is 1. The summed E-state index contributed by atoms with van der Waals surface area (Å²) >= 11 is 1.39. The highest BCUT2D eigenvalue weighted by molar-refractivity contribution is 7.99. The zero-order valence-electron chi connectivity index (χ0n) is 7.43. The lowest BCUT2D eigenvalue weighted by Gasteiger charge is -1.94. The maximum absolute atomic E-state index is 10.2. The van der Waals surface area contributed by atoms with Gasteiger partial charge in [-0.2, -0.15) is 5.10 Å². The molecule has 0 fully saturated rings. The van der Waals surface area contributed by atoms with Crippen molar-refractivity contribution in [1.29, 1.82) is 0 Å². The van der Waals surface area contributed by atoms with Gasteiger partial charge in [-0.05, 0) is 12.5 Å². The number of carboxylic acids is 1. The number of nitrogens with zero attached hydrogens (tertiary/aromatic N) is 2. The number of aromatic nitrogens is 2. The number of hydrogen-bond donors (Lipinski definition) is 1. The highest BCUT2D eigenvalue weighted by Crippen LogP contribution is 2.10. The molecule has 0 amide bonds. The number of carbonyl (C=O) groups is 1. The predicted octanol–water partition coefficient (Wildman–Crippen LogP) is 1.22. The van der Waals surface area contributed by atoms with Crippen LogP contribution >= 0.6 is 11.8 Å². The molecule has 1 rings (SSSR count). The number of carboxylic acid groups (broad SMARTS) is 1. The maximum atomic E-state index is 10.2. The van der Waals surface area contributed by atoms with Gasteiger partial charge in [0.1, 0.15) is 0 Å². The van der Waals surface area contributed by atoms with E-state index in [1.165, 1.54) is 11.8 Å². The molecule has 0 aliphatic heterocycles. The minimum atomic E-state index is -0.770. The van der Waals surface area contributed by atoms with Crippen LogP contribution in [0.4, 0.5) is 0 Å². The van der Waals surface area contributed by atoms with Gasteiger partial charge in [-0.1, -0.05) is 0 Å². The summed E-state index contributed by atoms with van der Waals surface area (Å²) in [6, 6.07) is 0. The largest absolute Gasteiger partial charge is 0.481 e. The molecule has 1 N–H and O–H groups in total. The van der Waals surface area contributed by atoms with E-state index in [0.29, 0.717) is 5.75 Å². The Morgan fingerprint density at radius 2 is 2.54 bits per heavy atom. The highest BCUT2D eigenvalue weighted by Gasteiger charge is 2.00. The summed E-state index contributed by atoms with van der Waals surface area (Å²) in [5.41, 5.74) is 1.08. The van der Waals surface area contributed by atoms with Crippen molar-refractivity contribution in [2.45, 2.75) is 19.2 Å². The molecule has 0 radical (unpaired) electrons. The Kier molecular flexibility index (Phi) is 3.82. The Balaban J connectivity index is 2.32. The van der Waals surface area contributed by atoms with Crippen LogP contribution in [-0.4, -0.2) is 26.6 Å². The lowest BCUT2D eigenvalue weighted by atomic mass is 10.4. The molecule has 0 aromatic carbocycles. The van der Waals surface area contributed by atoms with E-state index in [4.69, 9.17) is 5.11 Å². The Bertz CT molecular complexity index is 285. The van der Waals surface area contributed by atoms with Gasteiger partial charge in [-0.25, -0.2) is 0 Å². The van der Waals surface area contributed by atoms with E-state index in [1.54, 1.807) is 6.20 Å². The van der Waals surface area contributed by atoms with Crippen molar-refractivity contribution < 1.29 is 9.90 Å². The van der Waals surface area contributed by atoms with Gasteiger partial charge in [0.2, 0.25) is 0 Å². The van der Waals surface area contributed by atoms with Crippen LogP contribution in [0, 0.1) is 0 Å². The SMILES string of the molecule is CCn1cc(CSCC(=O)O)cn1. The highest BCUT2D eigenvalue weighted by atomic mass is 32.2. The molecule has 1 aromatic heterocycles. The van der Waals surface area contributed by atoms with E-state index in [-0.39, 0.29) is 5.75 Å². The van der Waals surface area contributed by atoms with E-state index in [9.17, 15) is 4.79 Å². The molecule has 13 heavy (non-hydrogen) atoms. The van der Waals surface area contributed by atoms with Crippen molar-refractivity contribution in [2.75, 3.05) is 5.75 Å². The Labute approximate surface area is 80.9 Å². The first-order valence-electron chi connectivity index (χ1n) is 4.03. The first-order valence-corrected chi connectivity index (χ1v) is 5.18. The molecule has 1 aromatic rings. The molecule has 0 atom stereocenters. The molecule has 4 nitrogen and oxygen atoms in total. The quantitative estimate of drug-likeness (QED) is 0.776. The second kappa shape index (κ2) is 4.91. The Hall–Kier alpha value is -0.970. The lowest BCUT2D eigenvalue weighted by Crippen LogP contribution is -1.97. The molecular weight excluding hydrogens is 188 g/mol. The van der Waals surface area contributed by atoms with Crippen LogP contribution in [0.5, 0.6) is 0 Å². The smallest absolute Gasteiger partial charge is 0.313 e. The number of thioether (sulfide) groups is 1. The van der Waals surface area contributed by atoms with E-state index in [0.717, 1.165) is 12.1 Å². The van der Waals surface area contributed by atoms with Crippen molar-refractivity contribution in [3.8, 4) is 0 Å². The summed E-state index contributed by atoms with van der Waals surface area (Å²) in [5, 5.41) is 12.5. The fraction of sp³-hybridized carbons (Fsp3) is 0.500. The Morgan fingerprint density at radius 3 is 3.08 bits per heavy atom. The molecule has 0 bridgehead atoms. The summed E-state index contributed by atoms with van der Waals surface area (Å²) in [7, 11) is 0. The van der Waals surface area contributed by atoms with Gasteiger partial charge in [0.05, 0.1) is 11.9 Å². The summed E-state index contributed by atoms with van der Waals surface area (Å²) in [6.45, 7) is 2.87. The molecule has 0 aliphatic carbocycles. The van der Waals surface area contributed by atoms with Crippen molar-refractivity contribution >= 4 is 17.7 Å². The molecule has 0 aliphatic rings. The molecule has 0 saturated heterocycles. The monoisotopic (exact) mass is 200 g/mol. The maximum Gasteiger partial charge on any atom is 0.313 e. The molecule has 72 valence electrons. The zero-order valence-corrected chi connectivity index (χ0v) is 8.25. The molecule has 0 unspecified atom stereocenters. The van der Waals surface area contributed by atoms with Gasteiger partial charge in [-0.3, -0.25) is 9.48 Å². The second-order valence-corrected chi connectivity index (χ2v) is 3.58. The van der Waals surface area contributed by atoms with Crippen LogP contribution in [0.2, 0.25) is 0 Å². The zero-order chi connectivity index (χ0) is 9.68. The van der Waals surface area contributed by atoms with Gasteiger partial charge in [0, 0.05) is 18.5 Å². The van der Waals surface area contributed by atoms with Crippen LogP contribution < -0.4 is 0 Å². The van der Waals surface area contributed by atoms with Gasteiger partial charge >= 0.3 is 5.97 Å². The summed E-state index contributed by atoms with van der Waals surface area (Å²) in [5.74, 6) is 0.0942. The number of rotatable bonds is 5. The summed E-state index contributed by atoms with van der Waals surface area (Å²) < 4.78 is 1.83. The standard InChI is InChI=1S/C8H12N2O2S/c1-2-10-4-7(3-9-10)5-13-6-8(11)12/h3-4H,2,5-6H2,1H3,(H,11,12). The second-order valence-electron chi connectivity index (χ2n) is 2.59. The van der Waals surface area contributed by atoms with Crippen molar-refractivity contribution in [1.82, 2.24) is 9.78 Å². The number of aliphatic carboxylic acids is 1. The van der Waals surface area contributed by atoms with Crippen molar-refractivity contribution in [3.63, 3.8) is 0 Å². The molecule has 0 spiro atoms. The third-order valence-corrected chi connectivity index (χ3v) is 2.49. The average molecular weight is 200 g/mol. The molecular formula is C8H12N2O2S. The van der Waals surface area contributed by atoms with Crippen LogP contribution in [0.3, 0.4) is 0 Å². The van der Waals surface area contributed by atoms with Gasteiger partial charge in [-0.15, -0.1) is 11.8 Å². The molecule has 0 saturated carbocycles. The third kappa shape index (κ3) is 3.50. The van der Waals surface area contributed by atoms with E-state index >= 15 is 0 Å². The number of hydrogen-bond acceptors (Lipinski definition) is 3. The van der Waals surface area contributed by atoms with E-state index < -0.39 is 5.97 Å². The average Bonchev–Trinajstić information content (AvgIpc) is 2.52. The van der Waals surface area contributed by atoms with Crippen molar-refractivity contribution in [2.24, 2.45) is 0 Å². The van der Waals surface area contributed by atoms with Crippen LogP contribution in [0.15, 0.2) is 12.4 Å². The molecule has 5 heteroatoms. The van der Waals surface area contributed by atoms with Gasteiger partial charge in [0.25, 0.3) is 0 Å². The lowest BCUT2D eigenvalue weighted by molar-refractivity contribution is -0.133.